The molecule has 11 heteroatoms. The molecular formula is C23H23ClN4O5S. The van der Waals surface area contributed by atoms with E-state index in [0.717, 1.165) is 0 Å². The largest absolute Gasteiger partial charge is 0.466 e. The van der Waals surface area contributed by atoms with Crippen LogP contribution in [0, 0.1) is 6.92 Å². The van der Waals surface area contributed by atoms with Crippen molar-refractivity contribution >= 4 is 41.2 Å². The molecule has 1 aromatic heterocycles. The number of aromatic nitrogens is 2. The topological polar surface area (TPSA) is 117 Å². The van der Waals surface area contributed by atoms with Crippen molar-refractivity contribution in [2.24, 2.45) is 5.73 Å². The van der Waals surface area contributed by atoms with Crippen LogP contribution in [0.15, 0.2) is 52.3 Å². The standard InChI is InChI=1S/C23H23ClN4O5S/c1-5-33-23(31)16-15(14-11(2)26-28(18(14)24)13-9-7-6-8-10-13)17(22(30)32-4)21-27(19(16)25)20(29)12(3)34-21/h6-10,12,15H,5,25H2,1-4H3/t12-,15-/m0/s1. The Hall–Kier alpha value is -3.24. The minimum absolute atomic E-state index is 0.0633. The molecule has 0 saturated carbocycles. The van der Waals surface area contributed by atoms with Gasteiger partial charge in [-0.15, -0.1) is 0 Å². The molecule has 0 spiro atoms. The molecule has 34 heavy (non-hydrogen) atoms. The van der Waals surface area contributed by atoms with Crippen molar-refractivity contribution in [2.45, 2.75) is 31.9 Å². The summed E-state index contributed by atoms with van der Waals surface area (Å²) in [6.45, 7) is 5.15. The lowest BCUT2D eigenvalue weighted by Gasteiger charge is -2.32. The van der Waals surface area contributed by atoms with Crippen LogP contribution in [0.25, 0.3) is 5.69 Å². The molecule has 0 unspecified atom stereocenters. The van der Waals surface area contributed by atoms with Gasteiger partial charge in [0.15, 0.2) is 0 Å². The molecule has 2 aliphatic heterocycles. The van der Waals surface area contributed by atoms with E-state index < -0.39 is 23.1 Å². The number of benzene rings is 1. The zero-order valence-electron chi connectivity index (χ0n) is 19.0. The lowest BCUT2D eigenvalue weighted by molar-refractivity contribution is -0.139. The predicted molar refractivity (Wildman–Crippen MR) is 127 cm³/mol. The fraction of sp³-hybridized carbons (Fsp3) is 0.304. The van der Waals surface area contributed by atoms with Crippen LogP contribution in [0.1, 0.15) is 31.0 Å². The zero-order chi connectivity index (χ0) is 24.7. The third-order valence-electron chi connectivity index (χ3n) is 5.62. The van der Waals surface area contributed by atoms with Crippen LogP contribution in [0.4, 0.5) is 0 Å². The minimum Gasteiger partial charge on any atom is -0.466 e. The van der Waals surface area contributed by atoms with Crippen LogP contribution in [-0.2, 0) is 23.9 Å². The van der Waals surface area contributed by atoms with Gasteiger partial charge in [-0.2, -0.15) is 5.10 Å². The van der Waals surface area contributed by atoms with Gasteiger partial charge < -0.3 is 15.2 Å². The maximum Gasteiger partial charge on any atom is 0.338 e. The summed E-state index contributed by atoms with van der Waals surface area (Å²) in [4.78, 5) is 40.4. The number of carbonyl (C=O) groups is 3. The Morgan fingerprint density at radius 2 is 1.88 bits per heavy atom. The number of nitrogens with zero attached hydrogens (tertiary/aromatic N) is 3. The molecule has 9 nitrogen and oxygen atoms in total. The minimum atomic E-state index is -1.05. The molecule has 4 rings (SSSR count). The normalized spacial score (nSPS) is 20.0. The van der Waals surface area contributed by atoms with Gasteiger partial charge in [0, 0.05) is 5.56 Å². The Labute approximate surface area is 205 Å². The predicted octanol–water partition coefficient (Wildman–Crippen LogP) is 3.01. The summed E-state index contributed by atoms with van der Waals surface area (Å²) >= 11 is 8.00. The number of amides is 1. The number of methoxy groups -OCH3 is 1. The molecular weight excluding hydrogens is 480 g/mol. The van der Waals surface area contributed by atoms with Gasteiger partial charge in [0.25, 0.3) is 0 Å². The first-order chi connectivity index (χ1) is 16.2. The Kier molecular flexibility index (Phi) is 6.46. The van der Waals surface area contributed by atoms with Crippen molar-refractivity contribution in [2.75, 3.05) is 13.7 Å². The quantitative estimate of drug-likeness (QED) is 0.620. The van der Waals surface area contributed by atoms with E-state index in [1.54, 1.807) is 20.8 Å². The van der Waals surface area contributed by atoms with Crippen molar-refractivity contribution in [1.29, 1.82) is 0 Å². The molecule has 0 radical (unpaired) electrons. The highest BCUT2D eigenvalue weighted by Gasteiger charge is 2.50. The third-order valence-corrected chi connectivity index (χ3v) is 7.17. The SMILES string of the molecule is CCOC(=O)C1=C(N)N2C(=O)[C@H](C)SC2=C(C(=O)OC)[C@H]1c1c(C)nn(-c2ccccc2)c1Cl. The number of esters is 2. The number of ether oxygens (including phenoxy) is 2. The maximum atomic E-state index is 13.2. The molecule has 1 aromatic carbocycles. The molecule has 2 aromatic rings. The highest BCUT2D eigenvalue weighted by atomic mass is 35.5. The second-order valence-electron chi connectivity index (χ2n) is 7.63. The number of halogens is 1. The Balaban J connectivity index is 2.03. The molecule has 3 heterocycles. The van der Waals surface area contributed by atoms with Crippen LogP contribution < -0.4 is 5.73 Å². The second-order valence-corrected chi connectivity index (χ2v) is 9.32. The number of fused-ring (bicyclic) bond motifs is 1. The second kappa shape index (κ2) is 9.19. The van der Waals surface area contributed by atoms with Crippen LogP contribution in [0.3, 0.4) is 0 Å². The van der Waals surface area contributed by atoms with Crippen LogP contribution in [-0.4, -0.2) is 51.5 Å². The molecule has 2 atom stereocenters. The number of nitrogens with two attached hydrogens (primary N) is 1. The smallest absolute Gasteiger partial charge is 0.338 e. The van der Waals surface area contributed by atoms with E-state index in [-0.39, 0.29) is 34.6 Å². The summed E-state index contributed by atoms with van der Waals surface area (Å²) in [5.74, 6) is -2.96. The first kappa shape index (κ1) is 23.9. The third kappa shape index (κ3) is 3.67. The molecule has 0 aliphatic carbocycles. The molecule has 178 valence electrons. The molecule has 1 fully saturated rings. The van der Waals surface area contributed by atoms with Gasteiger partial charge in [0.05, 0.1) is 52.4 Å². The van der Waals surface area contributed by atoms with Gasteiger partial charge in [-0.1, -0.05) is 41.6 Å². The molecule has 0 bridgehead atoms. The van der Waals surface area contributed by atoms with Gasteiger partial charge in [0.1, 0.15) is 11.0 Å². The van der Waals surface area contributed by atoms with E-state index in [9.17, 15) is 14.4 Å². The van der Waals surface area contributed by atoms with Gasteiger partial charge >= 0.3 is 11.9 Å². The molecule has 1 saturated heterocycles. The Morgan fingerprint density at radius 3 is 2.50 bits per heavy atom. The number of rotatable bonds is 5. The summed E-state index contributed by atoms with van der Waals surface area (Å²) in [5.41, 5.74) is 8.00. The van der Waals surface area contributed by atoms with Crippen molar-refractivity contribution in [3.05, 3.63) is 68.7 Å². The fourth-order valence-corrected chi connectivity index (χ4v) is 5.66. The van der Waals surface area contributed by atoms with E-state index >= 15 is 0 Å². The summed E-state index contributed by atoms with van der Waals surface area (Å²) in [6.07, 6.45) is 0. The van der Waals surface area contributed by atoms with Crippen LogP contribution in [0.2, 0.25) is 5.15 Å². The number of thioether (sulfide) groups is 1. The number of aryl methyl sites for hydroxylation is 1. The number of carbonyl (C=O) groups excluding carboxylic acids is 3. The van der Waals surface area contributed by atoms with Gasteiger partial charge in [-0.05, 0) is 32.9 Å². The highest BCUT2D eigenvalue weighted by Crippen LogP contribution is 2.51. The lowest BCUT2D eigenvalue weighted by atomic mass is 9.82. The average molecular weight is 503 g/mol. The van der Waals surface area contributed by atoms with E-state index in [0.29, 0.717) is 22.0 Å². The number of hydrogen-bond donors (Lipinski definition) is 1. The van der Waals surface area contributed by atoms with E-state index in [1.165, 1.54) is 28.5 Å². The van der Waals surface area contributed by atoms with Gasteiger partial charge in [0.2, 0.25) is 5.91 Å². The lowest BCUT2D eigenvalue weighted by Crippen LogP contribution is -2.40. The molecule has 1 amide bonds. The van der Waals surface area contributed by atoms with Crippen molar-refractivity contribution in [3.8, 4) is 5.69 Å². The fourth-order valence-electron chi connectivity index (χ4n) is 4.12. The van der Waals surface area contributed by atoms with Crippen LogP contribution in [0.5, 0.6) is 0 Å². The van der Waals surface area contributed by atoms with E-state index in [1.807, 2.05) is 30.3 Å². The Bertz CT molecular complexity index is 1250. The first-order valence-electron chi connectivity index (χ1n) is 10.5. The van der Waals surface area contributed by atoms with Crippen molar-refractivity contribution in [3.63, 3.8) is 0 Å². The number of para-hydroxylation sites is 1. The van der Waals surface area contributed by atoms with Crippen molar-refractivity contribution < 1.29 is 23.9 Å². The van der Waals surface area contributed by atoms with Gasteiger partial charge in [-0.25, -0.2) is 14.3 Å². The highest BCUT2D eigenvalue weighted by molar-refractivity contribution is 8.04. The zero-order valence-corrected chi connectivity index (χ0v) is 20.6. The summed E-state index contributed by atoms with van der Waals surface area (Å²) < 4.78 is 11.9. The first-order valence-corrected chi connectivity index (χ1v) is 11.8. The van der Waals surface area contributed by atoms with E-state index in [4.69, 9.17) is 26.8 Å². The summed E-state index contributed by atoms with van der Waals surface area (Å²) in [6, 6.07) is 9.20. The molecule has 2 N–H and O–H groups in total. The Morgan fingerprint density at radius 1 is 1.21 bits per heavy atom. The van der Waals surface area contributed by atoms with Crippen LogP contribution >= 0.6 is 23.4 Å². The monoisotopic (exact) mass is 502 g/mol. The van der Waals surface area contributed by atoms with E-state index in [2.05, 4.69) is 5.10 Å². The maximum absolute atomic E-state index is 13.2. The summed E-state index contributed by atoms with van der Waals surface area (Å²) in [7, 11) is 1.23. The molecule has 2 aliphatic rings. The van der Waals surface area contributed by atoms with Crippen molar-refractivity contribution in [1.82, 2.24) is 14.7 Å². The number of hydrogen-bond acceptors (Lipinski definition) is 8. The average Bonchev–Trinajstić information content (AvgIpc) is 3.28. The summed E-state index contributed by atoms with van der Waals surface area (Å²) in [5, 5.41) is 4.55. The van der Waals surface area contributed by atoms with Gasteiger partial charge in [-0.3, -0.25) is 9.69 Å².